The van der Waals surface area contributed by atoms with Gasteiger partial charge in [0.15, 0.2) is 5.60 Å². The lowest BCUT2D eigenvalue weighted by molar-refractivity contribution is -0.384. The SMILES string of the molecule is COC(=O)C1(OCCCN2CCC(c3ccccc3)(c3ccccc3)CC2)C(c2ccc([N+](=O)[O-])cc2)C=C(C)N(C=O)C1C.Cl. The van der Waals surface area contributed by atoms with Crippen LogP contribution >= 0.6 is 12.4 Å². The number of hydrogen-bond donors (Lipinski definition) is 0. The van der Waals surface area contributed by atoms with Crippen molar-refractivity contribution in [2.45, 2.75) is 56.1 Å². The Morgan fingerprint density at radius 3 is 2.04 bits per heavy atom. The van der Waals surface area contributed by atoms with E-state index in [0.29, 0.717) is 24.1 Å². The number of nitrogens with zero attached hydrogens (tertiary/aromatic N) is 3. The predicted molar refractivity (Wildman–Crippen MR) is 179 cm³/mol. The topological polar surface area (TPSA) is 102 Å². The average Bonchev–Trinajstić information content (AvgIpc) is 3.08. The molecule has 3 unspecified atom stereocenters. The normalized spacial score (nSPS) is 22.7. The third-order valence-corrected chi connectivity index (χ3v) is 9.72. The van der Waals surface area contributed by atoms with Gasteiger partial charge in [-0.1, -0.05) is 78.9 Å². The molecule has 2 aliphatic heterocycles. The molecule has 0 aliphatic carbocycles. The molecule has 3 atom stereocenters. The number of carbonyl (C=O) groups excluding carboxylic acids is 2. The summed E-state index contributed by atoms with van der Waals surface area (Å²) in [5.41, 5.74) is 2.38. The Bertz CT molecular complexity index is 1470. The number of hydrogen-bond acceptors (Lipinski definition) is 7. The van der Waals surface area contributed by atoms with Crippen LogP contribution in [0.1, 0.15) is 55.7 Å². The maximum absolute atomic E-state index is 13.6. The minimum atomic E-state index is -1.54. The van der Waals surface area contributed by atoms with Gasteiger partial charge in [0.1, 0.15) is 0 Å². The molecule has 1 saturated heterocycles. The zero-order chi connectivity index (χ0) is 32.0. The lowest BCUT2D eigenvalue weighted by Gasteiger charge is -2.48. The third-order valence-electron chi connectivity index (χ3n) is 9.72. The highest BCUT2D eigenvalue weighted by atomic mass is 35.5. The van der Waals surface area contributed by atoms with Crippen molar-refractivity contribution < 1.29 is 24.0 Å². The van der Waals surface area contributed by atoms with Crippen LogP contribution in [0.2, 0.25) is 0 Å². The van der Waals surface area contributed by atoms with E-state index < -0.39 is 28.5 Å². The van der Waals surface area contributed by atoms with E-state index in [2.05, 4.69) is 65.6 Å². The summed E-state index contributed by atoms with van der Waals surface area (Å²) in [6, 6.07) is 26.9. The van der Waals surface area contributed by atoms with Crippen LogP contribution < -0.4 is 0 Å². The lowest BCUT2D eigenvalue weighted by atomic mass is 9.68. The number of amides is 1. The first-order valence-corrected chi connectivity index (χ1v) is 15.5. The molecule has 3 aromatic carbocycles. The Kier molecular flexibility index (Phi) is 11.4. The Labute approximate surface area is 276 Å². The molecule has 9 nitrogen and oxygen atoms in total. The fourth-order valence-electron chi connectivity index (χ4n) is 7.22. The summed E-state index contributed by atoms with van der Waals surface area (Å²) in [7, 11) is 1.31. The zero-order valence-corrected chi connectivity index (χ0v) is 27.4. The number of esters is 1. The number of allylic oxidation sites excluding steroid dienone is 1. The molecule has 0 aromatic heterocycles. The van der Waals surface area contributed by atoms with Crippen LogP contribution in [-0.2, 0) is 24.5 Å². The van der Waals surface area contributed by atoms with Gasteiger partial charge in [0, 0.05) is 42.3 Å². The molecular weight excluding hydrogens is 606 g/mol. The van der Waals surface area contributed by atoms with E-state index in [0.717, 1.165) is 32.5 Å². The van der Waals surface area contributed by atoms with E-state index in [1.807, 2.05) is 6.08 Å². The van der Waals surface area contributed by atoms with Crippen molar-refractivity contribution in [3.8, 4) is 0 Å². The third kappa shape index (κ3) is 6.58. The molecule has 3 aromatic rings. The Morgan fingerprint density at radius 2 is 1.54 bits per heavy atom. The molecule has 0 bridgehead atoms. The molecule has 0 spiro atoms. The standard InChI is InChI=1S/C36H41N3O6.ClH/c1-27-25-33(29-15-17-32(18-16-29)39(42)43)36(34(41)44-3,28(2)38(27)26-40)45-24-10-21-37-22-19-35(20-23-37,30-11-6-4-7-12-30)31-13-8-5-9-14-31;/h4-9,11-18,25-26,28,33H,10,19-24H2,1-3H3;1H. The number of nitro groups is 1. The second kappa shape index (κ2) is 15.0. The summed E-state index contributed by atoms with van der Waals surface area (Å²) >= 11 is 0. The number of rotatable bonds is 11. The fourth-order valence-corrected chi connectivity index (χ4v) is 7.22. The van der Waals surface area contributed by atoms with Crippen LogP contribution in [0.3, 0.4) is 0 Å². The van der Waals surface area contributed by atoms with Gasteiger partial charge in [-0.25, -0.2) is 4.79 Å². The van der Waals surface area contributed by atoms with Crippen molar-refractivity contribution in [3.63, 3.8) is 0 Å². The largest absolute Gasteiger partial charge is 0.467 e. The van der Waals surface area contributed by atoms with E-state index in [9.17, 15) is 19.7 Å². The Balaban J connectivity index is 0.00000480. The van der Waals surface area contributed by atoms with E-state index in [-0.39, 0.29) is 30.1 Å². The number of methoxy groups -OCH3 is 1. The number of piperidine rings is 1. The number of non-ortho nitro benzene ring substituents is 1. The molecule has 1 fully saturated rings. The molecule has 46 heavy (non-hydrogen) atoms. The quantitative estimate of drug-likeness (QED) is 0.0795. The van der Waals surface area contributed by atoms with Gasteiger partial charge in [0.2, 0.25) is 6.41 Å². The first-order chi connectivity index (χ1) is 21.8. The highest BCUT2D eigenvalue weighted by Gasteiger charge is 2.56. The average molecular weight is 648 g/mol. The summed E-state index contributed by atoms with van der Waals surface area (Å²) in [6.07, 6.45) is 5.16. The number of nitro benzene ring substituents is 1. The number of ether oxygens (including phenoxy) is 2. The van der Waals surface area contributed by atoms with Gasteiger partial charge in [-0.15, -0.1) is 12.4 Å². The first kappa shape index (κ1) is 34.8. The van der Waals surface area contributed by atoms with E-state index in [1.165, 1.54) is 35.3 Å². The van der Waals surface area contributed by atoms with Gasteiger partial charge >= 0.3 is 5.97 Å². The van der Waals surface area contributed by atoms with E-state index in [1.54, 1.807) is 26.0 Å². The van der Waals surface area contributed by atoms with Gasteiger partial charge in [0.25, 0.3) is 5.69 Å². The molecule has 244 valence electrons. The van der Waals surface area contributed by atoms with Crippen molar-refractivity contribution in [1.29, 1.82) is 0 Å². The van der Waals surface area contributed by atoms with Crippen molar-refractivity contribution in [2.24, 2.45) is 0 Å². The van der Waals surface area contributed by atoms with Crippen molar-refractivity contribution >= 4 is 30.5 Å². The van der Waals surface area contributed by atoms with Crippen LogP contribution in [0.4, 0.5) is 5.69 Å². The van der Waals surface area contributed by atoms with Crippen molar-refractivity contribution in [3.05, 3.63) is 124 Å². The van der Waals surface area contributed by atoms with Crippen LogP contribution in [0, 0.1) is 10.1 Å². The number of halogens is 1. The summed E-state index contributed by atoms with van der Waals surface area (Å²) < 4.78 is 11.9. The predicted octanol–water partition coefficient (Wildman–Crippen LogP) is 6.27. The molecule has 2 heterocycles. The molecule has 0 saturated carbocycles. The molecule has 2 aliphatic rings. The summed E-state index contributed by atoms with van der Waals surface area (Å²) in [5, 5.41) is 11.3. The van der Waals surface area contributed by atoms with Crippen LogP contribution in [0.15, 0.2) is 96.7 Å². The highest BCUT2D eigenvalue weighted by Crippen LogP contribution is 2.45. The molecule has 5 rings (SSSR count). The van der Waals surface area contributed by atoms with E-state index >= 15 is 0 Å². The Hall–Kier alpha value is -4.05. The van der Waals surface area contributed by atoms with Crippen molar-refractivity contribution in [2.75, 3.05) is 33.4 Å². The number of benzene rings is 3. The van der Waals surface area contributed by atoms with Gasteiger partial charge in [-0.3, -0.25) is 14.9 Å². The minimum absolute atomic E-state index is 0. The summed E-state index contributed by atoms with van der Waals surface area (Å²) in [4.78, 5) is 40.5. The van der Waals surface area contributed by atoms with Gasteiger partial charge in [0.05, 0.1) is 18.1 Å². The fraction of sp³-hybridized carbons (Fsp3) is 0.389. The van der Waals surface area contributed by atoms with Gasteiger partial charge < -0.3 is 19.3 Å². The van der Waals surface area contributed by atoms with Crippen molar-refractivity contribution in [1.82, 2.24) is 9.80 Å². The van der Waals surface area contributed by atoms with Crippen LogP contribution in [0.5, 0.6) is 0 Å². The number of likely N-dealkylation sites (tertiary alicyclic amines) is 1. The summed E-state index contributed by atoms with van der Waals surface area (Å²) in [5.74, 6) is -1.22. The zero-order valence-electron chi connectivity index (χ0n) is 26.5. The monoisotopic (exact) mass is 647 g/mol. The minimum Gasteiger partial charge on any atom is -0.467 e. The Morgan fingerprint density at radius 1 is 0.978 bits per heavy atom. The first-order valence-electron chi connectivity index (χ1n) is 15.5. The van der Waals surface area contributed by atoms with Crippen LogP contribution in [-0.4, -0.2) is 72.1 Å². The van der Waals surface area contributed by atoms with E-state index in [4.69, 9.17) is 9.47 Å². The molecule has 0 N–H and O–H groups in total. The smallest absolute Gasteiger partial charge is 0.341 e. The molecule has 10 heteroatoms. The highest BCUT2D eigenvalue weighted by molar-refractivity contribution is 5.85. The van der Waals surface area contributed by atoms with Crippen LogP contribution in [0.25, 0.3) is 0 Å². The number of carbonyl (C=O) groups is 2. The second-order valence-corrected chi connectivity index (χ2v) is 12.0. The lowest BCUT2D eigenvalue weighted by Crippen LogP contribution is -2.63. The molecular formula is C36H42ClN3O6. The van der Waals surface area contributed by atoms with Gasteiger partial charge in [-0.05, 0) is 62.9 Å². The molecule has 0 radical (unpaired) electrons. The second-order valence-electron chi connectivity index (χ2n) is 12.0. The maximum atomic E-state index is 13.6. The molecule has 1 amide bonds. The maximum Gasteiger partial charge on any atom is 0.341 e. The summed E-state index contributed by atoms with van der Waals surface area (Å²) in [6.45, 7) is 6.48. The van der Waals surface area contributed by atoms with Gasteiger partial charge in [-0.2, -0.15) is 0 Å².